The Balaban J connectivity index is 1.73. The Labute approximate surface area is 188 Å². The van der Waals surface area contributed by atoms with Crippen LogP contribution in [0.1, 0.15) is 17.0 Å². The van der Waals surface area contributed by atoms with Crippen LogP contribution in [0, 0.1) is 0 Å². The van der Waals surface area contributed by atoms with Crippen LogP contribution in [0.2, 0.25) is 0 Å². The number of hydrogen-bond acceptors (Lipinski definition) is 5. The highest BCUT2D eigenvalue weighted by atomic mass is 32.1. The lowest BCUT2D eigenvalue weighted by Crippen LogP contribution is -2.52. The number of amides is 1. The Bertz CT molecular complexity index is 1040. The van der Waals surface area contributed by atoms with E-state index in [-0.39, 0.29) is 22.6 Å². The summed E-state index contributed by atoms with van der Waals surface area (Å²) in [6.45, 7) is 0.950. The lowest BCUT2D eigenvalue weighted by atomic mass is 9.81. The van der Waals surface area contributed by atoms with E-state index < -0.39 is 17.3 Å². The normalized spacial score (nSPS) is 23.7. The minimum Gasteiger partial charge on any atom is -0.497 e. The number of likely N-dealkylation sites (tertiary alicyclic amines) is 1. The first kappa shape index (κ1) is 22.3. The number of likely N-dealkylation sites (N-methyl/N-ethyl adjacent to an activating group) is 1. The van der Waals surface area contributed by atoms with E-state index in [9.17, 15) is 18.0 Å². The molecule has 2 aliphatic heterocycles. The van der Waals surface area contributed by atoms with Crippen LogP contribution in [0.4, 0.5) is 18.9 Å². The fraction of sp³-hybridized carbons (Fsp3) is 0.364. The minimum atomic E-state index is -4.46. The van der Waals surface area contributed by atoms with Crippen molar-refractivity contribution in [2.45, 2.75) is 17.6 Å². The standard InChI is InChI=1S/C22H22F3N3O3S/c1-27-11-18(13-8-16(30-2)10-17(9-13)31-3)21(12-27)19(29)28(20(32)26-21)15-6-4-14(5-7-15)22(23,24)25/h4-10,18H,11-12H2,1-3H3,(H,26,32)/t18-,21+/m1/s1. The number of nitrogens with one attached hydrogen (secondary N) is 1. The quantitative estimate of drug-likeness (QED) is 0.699. The van der Waals surface area contributed by atoms with Gasteiger partial charge in [-0.15, -0.1) is 0 Å². The Morgan fingerprint density at radius 1 is 1.09 bits per heavy atom. The maximum Gasteiger partial charge on any atom is 0.416 e. The predicted octanol–water partition coefficient (Wildman–Crippen LogP) is 3.41. The van der Waals surface area contributed by atoms with Gasteiger partial charge in [-0.2, -0.15) is 13.2 Å². The average molecular weight is 465 g/mol. The van der Waals surface area contributed by atoms with E-state index in [0.29, 0.717) is 24.6 Å². The molecule has 2 fully saturated rings. The monoisotopic (exact) mass is 465 g/mol. The van der Waals surface area contributed by atoms with Crippen molar-refractivity contribution < 1.29 is 27.4 Å². The van der Waals surface area contributed by atoms with E-state index >= 15 is 0 Å². The Kier molecular flexibility index (Phi) is 5.54. The van der Waals surface area contributed by atoms with Gasteiger partial charge in [-0.1, -0.05) is 0 Å². The van der Waals surface area contributed by atoms with Crippen molar-refractivity contribution >= 4 is 28.9 Å². The summed E-state index contributed by atoms with van der Waals surface area (Å²) in [5.74, 6) is 0.591. The summed E-state index contributed by atoms with van der Waals surface area (Å²) in [4.78, 5) is 17.0. The number of halogens is 3. The van der Waals surface area contributed by atoms with E-state index in [1.807, 2.05) is 24.1 Å². The van der Waals surface area contributed by atoms with Crippen molar-refractivity contribution in [1.29, 1.82) is 0 Å². The van der Waals surface area contributed by atoms with Gasteiger partial charge in [0.2, 0.25) is 0 Å². The third-order valence-electron chi connectivity index (χ3n) is 5.96. The molecule has 0 aliphatic carbocycles. The van der Waals surface area contributed by atoms with Gasteiger partial charge in [-0.3, -0.25) is 9.69 Å². The molecule has 2 heterocycles. The first-order chi connectivity index (χ1) is 15.1. The summed E-state index contributed by atoms with van der Waals surface area (Å²) >= 11 is 5.46. The smallest absolute Gasteiger partial charge is 0.416 e. The molecule has 32 heavy (non-hydrogen) atoms. The Morgan fingerprint density at radius 2 is 1.69 bits per heavy atom. The highest BCUT2D eigenvalue weighted by Crippen LogP contribution is 2.43. The SMILES string of the molecule is COc1cc(OC)cc([C@H]2CN(C)C[C@]23NC(=S)N(c2ccc(C(F)(F)F)cc2)C3=O)c1. The van der Waals surface area contributed by atoms with Crippen molar-refractivity contribution in [3.05, 3.63) is 53.6 Å². The molecule has 2 aromatic rings. The van der Waals surface area contributed by atoms with Gasteiger partial charge in [-0.25, -0.2) is 0 Å². The zero-order valence-electron chi connectivity index (χ0n) is 17.7. The molecule has 2 aliphatic rings. The number of carbonyl (C=O) groups is 1. The van der Waals surface area contributed by atoms with Gasteiger partial charge in [0.1, 0.15) is 17.0 Å². The highest BCUT2D eigenvalue weighted by molar-refractivity contribution is 7.80. The first-order valence-electron chi connectivity index (χ1n) is 9.84. The summed E-state index contributed by atoms with van der Waals surface area (Å²) in [5.41, 5.74) is -0.730. The molecule has 1 spiro atoms. The van der Waals surface area contributed by atoms with Crippen molar-refractivity contribution in [2.75, 3.05) is 39.3 Å². The number of anilines is 1. The molecule has 0 bridgehead atoms. The second-order valence-corrected chi connectivity index (χ2v) is 8.37. The summed E-state index contributed by atoms with van der Waals surface area (Å²) in [6, 6.07) is 9.87. The minimum absolute atomic E-state index is 0.157. The van der Waals surface area contributed by atoms with Crippen molar-refractivity contribution in [1.82, 2.24) is 10.2 Å². The fourth-order valence-corrected chi connectivity index (χ4v) is 4.83. The third kappa shape index (κ3) is 3.67. The molecule has 4 rings (SSSR count). The van der Waals surface area contributed by atoms with Crippen molar-refractivity contribution in [3.63, 3.8) is 0 Å². The third-order valence-corrected chi connectivity index (χ3v) is 6.24. The lowest BCUT2D eigenvalue weighted by Gasteiger charge is -2.29. The first-order valence-corrected chi connectivity index (χ1v) is 10.3. The lowest BCUT2D eigenvalue weighted by molar-refractivity contribution is -0.137. The number of nitrogens with zero attached hydrogens (tertiary/aromatic N) is 2. The van der Waals surface area contributed by atoms with Gasteiger partial charge in [0.05, 0.1) is 25.5 Å². The number of alkyl halides is 3. The van der Waals surface area contributed by atoms with Gasteiger partial charge >= 0.3 is 6.18 Å². The van der Waals surface area contributed by atoms with E-state index in [4.69, 9.17) is 21.7 Å². The number of thiocarbonyl (C=S) groups is 1. The number of hydrogen-bond donors (Lipinski definition) is 1. The molecule has 2 saturated heterocycles. The number of benzene rings is 2. The molecule has 2 aromatic carbocycles. The summed E-state index contributed by atoms with van der Waals surface area (Å²) < 4.78 is 49.6. The van der Waals surface area contributed by atoms with Crippen LogP contribution < -0.4 is 19.7 Å². The molecule has 1 N–H and O–H groups in total. The van der Waals surface area contributed by atoms with Gasteiger partial charge in [0, 0.05) is 25.1 Å². The van der Waals surface area contributed by atoms with Crippen LogP contribution in [0.3, 0.4) is 0 Å². The number of carbonyl (C=O) groups excluding carboxylic acids is 1. The summed E-state index contributed by atoms with van der Waals surface area (Å²) in [7, 11) is 5.00. The molecule has 0 saturated carbocycles. The highest BCUT2D eigenvalue weighted by Gasteiger charge is 2.59. The van der Waals surface area contributed by atoms with E-state index in [1.54, 1.807) is 20.3 Å². The van der Waals surface area contributed by atoms with Crippen LogP contribution in [-0.4, -0.2) is 55.8 Å². The van der Waals surface area contributed by atoms with Gasteiger partial charge < -0.3 is 19.7 Å². The zero-order valence-corrected chi connectivity index (χ0v) is 18.5. The molecule has 0 aromatic heterocycles. The predicted molar refractivity (Wildman–Crippen MR) is 117 cm³/mol. The van der Waals surface area contributed by atoms with Crippen LogP contribution in [0.25, 0.3) is 0 Å². The van der Waals surface area contributed by atoms with Crippen LogP contribution >= 0.6 is 12.2 Å². The average Bonchev–Trinajstić information content (AvgIpc) is 3.22. The van der Waals surface area contributed by atoms with E-state index in [0.717, 1.165) is 17.7 Å². The van der Waals surface area contributed by atoms with Crippen molar-refractivity contribution in [3.8, 4) is 11.5 Å². The number of methoxy groups -OCH3 is 2. The molecular formula is C22H22F3N3O3S. The molecular weight excluding hydrogens is 443 g/mol. The van der Waals surface area contributed by atoms with Crippen molar-refractivity contribution in [2.24, 2.45) is 0 Å². The Hall–Kier alpha value is -2.85. The topological polar surface area (TPSA) is 54.0 Å². The Morgan fingerprint density at radius 3 is 2.22 bits per heavy atom. The maximum atomic E-state index is 13.7. The second kappa shape index (κ2) is 7.93. The van der Waals surface area contributed by atoms with Crippen LogP contribution in [0.5, 0.6) is 11.5 Å². The molecule has 0 radical (unpaired) electrons. The summed E-state index contributed by atoms with van der Waals surface area (Å²) in [6.07, 6.45) is -4.46. The molecule has 6 nitrogen and oxygen atoms in total. The van der Waals surface area contributed by atoms with Crippen LogP contribution in [0.15, 0.2) is 42.5 Å². The number of ether oxygens (including phenoxy) is 2. The second-order valence-electron chi connectivity index (χ2n) is 7.98. The van der Waals surface area contributed by atoms with E-state index in [2.05, 4.69) is 5.32 Å². The fourth-order valence-electron chi connectivity index (χ4n) is 4.46. The zero-order chi connectivity index (χ0) is 23.3. The molecule has 1 amide bonds. The largest absolute Gasteiger partial charge is 0.497 e. The van der Waals surface area contributed by atoms with Gasteiger partial charge in [-0.05, 0) is 61.2 Å². The molecule has 10 heteroatoms. The van der Waals surface area contributed by atoms with E-state index in [1.165, 1.54) is 17.0 Å². The maximum absolute atomic E-state index is 13.7. The van der Waals surface area contributed by atoms with Crippen LogP contribution in [-0.2, 0) is 11.0 Å². The molecule has 170 valence electrons. The van der Waals surface area contributed by atoms with Gasteiger partial charge in [0.15, 0.2) is 5.11 Å². The summed E-state index contributed by atoms with van der Waals surface area (Å²) in [5, 5.41) is 3.35. The molecule has 0 unspecified atom stereocenters. The molecule has 2 atom stereocenters. The number of rotatable bonds is 4. The van der Waals surface area contributed by atoms with Gasteiger partial charge in [0.25, 0.3) is 5.91 Å².